The zero-order chi connectivity index (χ0) is 40.9. The summed E-state index contributed by atoms with van der Waals surface area (Å²) >= 11 is 1.44. The SMILES string of the molecule is CC[n+]1ccc(/C=C/c2ccc(N3CCN(CC(=O)Nc4cccc(Cn5ncc6c7sc(S(C)=O)cc7n(C)c6c5=O)c4)CC3)cc2)cc1.O=C([O-])C(F)(F)F. The fourth-order valence-corrected chi connectivity index (χ4v) is 8.34. The molecule has 57 heavy (non-hydrogen) atoms. The molecule has 1 N–H and O–H groups in total. The Labute approximate surface area is 332 Å². The number of halogens is 3. The van der Waals surface area contributed by atoms with Crippen LogP contribution in [0.25, 0.3) is 33.3 Å². The lowest BCUT2D eigenvalue weighted by molar-refractivity contribution is -0.693. The number of alkyl halides is 3. The number of hydrogen-bond donors (Lipinski definition) is 1. The van der Waals surface area contributed by atoms with Crippen molar-refractivity contribution in [3.05, 3.63) is 112 Å². The summed E-state index contributed by atoms with van der Waals surface area (Å²) in [6.45, 7) is 6.98. The number of hydrogen-bond acceptors (Lipinski definition) is 9. The fourth-order valence-electron chi connectivity index (χ4n) is 6.41. The van der Waals surface area contributed by atoms with E-state index < -0.39 is 22.9 Å². The molecule has 1 fully saturated rings. The predicted molar refractivity (Wildman–Crippen MR) is 214 cm³/mol. The maximum Gasteiger partial charge on any atom is 0.430 e. The number of anilines is 2. The monoisotopic (exact) mass is 819 g/mol. The van der Waals surface area contributed by atoms with Gasteiger partial charge in [0, 0.05) is 68.4 Å². The fraction of sp³-hybridized carbons (Fsp3) is 0.275. The minimum atomic E-state index is -5.19. The van der Waals surface area contributed by atoms with Crippen LogP contribution in [0.4, 0.5) is 24.5 Å². The summed E-state index contributed by atoms with van der Waals surface area (Å²) in [5.74, 6) is -3.07. The van der Waals surface area contributed by atoms with E-state index in [0.717, 1.165) is 63.7 Å². The van der Waals surface area contributed by atoms with Gasteiger partial charge < -0.3 is 24.7 Å². The molecule has 298 valence electrons. The lowest BCUT2D eigenvalue weighted by Crippen LogP contribution is -2.48. The van der Waals surface area contributed by atoms with Crippen LogP contribution >= 0.6 is 11.3 Å². The number of amides is 1. The molecule has 1 amide bonds. The highest BCUT2D eigenvalue weighted by atomic mass is 32.2. The highest BCUT2D eigenvalue weighted by Crippen LogP contribution is 2.34. The molecule has 7 rings (SSSR count). The number of nitrogens with zero attached hydrogens (tertiary/aromatic N) is 6. The van der Waals surface area contributed by atoms with Gasteiger partial charge >= 0.3 is 6.18 Å². The number of fused-ring (bicyclic) bond motifs is 3. The van der Waals surface area contributed by atoms with Crippen LogP contribution < -0.4 is 25.4 Å². The number of pyridine rings is 1. The summed E-state index contributed by atoms with van der Waals surface area (Å²) in [5.41, 5.74) is 6.32. The maximum absolute atomic E-state index is 13.5. The second kappa shape index (κ2) is 17.7. The lowest BCUT2D eigenvalue weighted by Gasteiger charge is -2.35. The van der Waals surface area contributed by atoms with Crippen LogP contribution in [0.15, 0.2) is 94.3 Å². The number of thiophene rings is 1. The molecular formula is C40H40F3N7O5S2. The molecule has 0 aliphatic carbocycles. The van der Waals surface area contributed by atoms with E-state index in [1.807, 2.05) is 41.9 Å². The first-order chi connectivity index (χ1) is 27.2. The average Bonchev–Trinajstić information content (AvgIpc) is 3.75. The van der Waals surface area contributed by atoms with Crippen molar-refractivity contribution in [2.24, 2.45) is 7.05 Å². The van der Waals surface area contributed by atoms with E-state index in [-0.39, 0.29) is 18.0 Å². The van der Waals surface area contributed by atoms with Crippen LogP contribution in [-0.4, -0.2) is 80.5 Å². The first-order valence-corrected chi connectivity index (χ1v) is 20.3. The Kier molecular flexibility index (Phi) is 12.7. The van der Waals surface area contributed by atoms with Gasteiger partial charge in [-0.2, -0.15) is 18.3 Å². The number of aliphatic carboxylic acids is 1. The molecule has 0 spiro atoms. The summed E-state index contributed by atoms with van der Waals surface area (Å²) in [5, 5.41) is 17.1. The van der Waals surface area contributed by atoms with Crippen molar-refractivity contribution < 1.29 is 36.6 Å². The number of piperazine rings is 1. The second-order valence-corrected chi connectivity index (χ2v) is 16.0. The third-order valence-corrected chi connectivity index (χ3v) is 12.0. The number of aryl methyl sites for hydroxylation is 2. The summed E-state index contributed by atoms with van der Waals surface area (Å²) in [6.07, 6.45) is 6.63. The van der Waals surface area contributed by atoms with Gasteiger partial charge in [-0.3, -0.25) is 18.7 Å². The first kappa shape index (κ1) is 41.0. The van der Waals surface area contributed by atoms with Gasteiger partial charge in [0.2, 0.25) is 5.91 Å². The minimum Gasteiger partial charge on any atom is -0.542 e. The highest BCUT2D eigenvalue weighted by Gasteiger charge is 2.29. The molecule has 0 saturated carbocycles. The van der Waals surface area contributed by atoms with Crippen molar-refractivity contribution >= 4 is 78.7 Å². The van der Waals surface area contributed by atoms with Gasteiger partial charge in [0.1, 0.15) is 18.0 Å². The van der Waals surface area contributed by atoms with Crippen LogP contribution in [-0.2, 0) is 40.5 Å². The van der Waals surface area contributed by atoms with E-state index in [0.29, 0.717) is 17.7 Å². The number of aromatic nitrogens is 4. The van der Waals surface area contributed by atoms with Crippen molar-refractivity contribution in [3.63, 3.8) is 0 Å². The number of carbonyl (C=O) groups is 2. The first-order valence-electron chi connectivity index (χ1n) is 17.9. The normalized spacial score (nSPS) is 14.2. The Morgan fingerprint density at radius 3 is 2.26 bits per heavy atom. The molecule has 1 atom stereocenters. The molecule has 2 aromatic carbocycles. The van der Waals surface area contributed by atoms with Gasteiger partial charge in [0.25, 0.3) is 5.56 Å². The van der Waals surface area contributed by atoms with Gasteiger partial charge in [-0.05, 0) is 53.9 Å². The molecule has 4 aromatic heterocycles. The Morgan fingerprint density at radius 1 is 1.00 bits per heavy atom. The molecule has 1 saturated heterocycles. The third kappa shape index (κ3) is 10.0. The molecule has 1 aliphatic heterocycles. The highest BCUT2D eigenvalue weighted by molar-refractivity contribution is 7.86. The van der Waals surface area contributed by atoms with Crippen LogP contribution in [0.5, 0.6) is 0 Å². The van der Waals surface area contributed by atoms with Crippen molar-refractivity contribution in [2.45, 2.75) is 30.4 Å². The van der Waals surface area contributed by atoms with Gasteiger partial charge in [-0.1, -0.05) is 36.4 Å². The van der Waals surface area contributed by atoms with Crippen LogP contribution in [0.2, 0.25) is 0 Å². The largest absolute Gasteiger partial charge is 0.542 e. The zero-order valence-corrected chi connectivity index (χ0v) is 33.0. The minimum absolute atomic E-state index is 0.0670. The maximum atomic E-state index is 13.5. The van der Waals surface area contributed by atoms with E-state index >= 15 is 0 Å². The van der Waals surface area contributed by atoms with Crippen LogP contribution in [0.1, 0.15) is 23.6 Å². The molecule has 12 nitrogen and oxygen atoms in total. The Hall–Kier alpha value is -5.65. The van der Waals surface area contributed by atoms with E-state index in [9.17, 15) is 27.0 Å². The molecule has 0 bridgehead atoms. The Balaban J connectivity index is 0.000000719. The van der Waals surface area contributed by atoms with Crippen LogP contribution in [0, 0.1) is 0 Å². The Morgan fingerprint density at radius 2 is 1.65 bits per heavy atom. The molecule has 1 unspecified atom stereocenters. The smallest absolute Gasteiger partial charge is 0.430 e. The molecule has 17 heteroatoms. The molecule has 6 aromatic rings. The predicted octanol–water partition coefficient (Wildman–Crippen LogP) is 4.27. The van der Waals surface area contributed by atoms with Crippen molar-refractivity contribution in [1.29, 1.82) is 0 Å². The number of carboxylic acids is 1. The quantitative estimate of drug-likeness (QED) is 0.203. The third-order valence-electron chi connectivity index (χ3n) is 9.46. The topological polar surface area (TPSA) is 136 Å². The van der Waals surface area contributed by atoms with E-state index in [2.05, 4.69) is 92.7 Å². The zero-order valence-electron chi connectivity index (χ0n) is 31.4. The van der Waals surface area contributed by atoms with Gasteiger partial charge in [-0.25, -0.2) is 9.25 Å². The van der Waals surface area contributed by atoms with Crippen molar-refractivity contribution in [3.8, 4) is 0 Å². The molecule has 0 radical (unpaired) electrons. The standard InChI is InChI=1S/C38H39N7O3S2.C2HF3O2/c1-4-42-16-14-28(15-17-42)9-8-27-10-12-31(13-11-27)44-20-18-43(19-21-44)26-34(46)40-30-7-5-6-29(22-30)25-45-38(47)36-32(24-39-45)37-33(41(36)2)23-35(49-37)50(3)48;3-2(4,5)1(6)7/h5-17,22-24H,4,18-21,25-26H2,1-3H3;(H,6,7). The summed E-state index contributed by atoms with van der Waals surface area (Å²) in [4.78, 5) is 39.9. The van der Waals surface area contributed by atoms with Crippen molar-refractivity contribution in [2.75, 3.05) is 49.2 Å². The second-order valence-electron chi connectivity index (χ2n) is 13.3. The number of benzene rings is 2. The van der Waals surface area contributed by atoms with Crippen LogP contribution in [0.3, 0.4) is 0 Å². The Bertz CT molecular complexity index is 2500. The van der Waals surface area contributed by atoms with E-state index in [4.69, 9.17) is 9.90 Å². The summed E-state index contributed by atoms with van der Waals surface area (Å²) in [6, 6.07) is 22.3. The number of nitrogens with one attached hydrogen (secondary N) is 1. The number of rotatable bonds is 10. The summed E-state index contributed by atoms with van der Waals surface area (Å²) < 4.78 is 50.7. The van der Waals surface area contributed by atoms with E-state index in [1.165, 1.54) is 27.3 Å². The van der Waals surface area contributed by atoms with Gasteiger partial charge in [0.15, 0.2) is 12.4 Å². The molecule has 1 aliphatic rings. The summed E-state index contributed by atoms with van der Waals surface area (Å²) in [7, 11) is 0.765. The number of carboxylic acid groups (broad SMARTS) is 1. The number of carbonyl (C=O) groups excluding carboxylic acids is 2. The van der Waals surface area contributed by atoms with E-state index in [1.54, 1.807) is 12.5 Å². The van der Waals surface area contributed by atoms with Crippen molar-refractivity contribution in [1.82, 2.24) is 19.2 Å². The van der Waals surface area contributed by atoms with Gasteiger partial charge in [-0.15, -0.1) is 11.3 Å². The van der Waals surface area contributed by atoms with Gasteiger partial charge in [0.05, 0.1) is 44.5 Å². The average molecular weight is 820 g/mol. The molecular weight excluding hydrogens is 780 g/mol. The molecule has 5 heterocycles. The lowest BCUT2D eigenvalue weighted by atomic mass is 10.1.